The molecule has 0 radical (unpaired) electrons. The molecular formula is C14H33O3P. The van der Waals surface area contributed by atoms with Crippen LogP contribution in [0.3, 0.4) is 0 Å². The van der Waals surface area contributed by atoms with E-state index in [4.69, 9.17) is 4.89 Å². The van der Waals surface area contributed by atoms with Crippen LogP contribution >= 0.6 is 8.25 Å². The fourth-order valence-corrected chi connectivity index (χ4v) is 1.93. The van der Waals surface area contributed by atoms with E-state index in [0.717, 1.165) is 0 Å². The van der Waals surface area contributed by atoms with Gasteiger partial charge in [0.25, 0.3) is 0 Å². The first kappa shape index (κ1) is 20.5. The molecule has 0 heterocycles. The molecule has 0 aliphatic carbocycles. The molecule has 0 aliphatic rings. The van der Waals surface area contributed by atoms with Gasteiger partial charge in [-0.1, -0.05) is 78.1 Å². The summed E-state index contributed by atoms with van der Waals surface area (Å²) in [5, 5.41) is 0. The Morgan fingerprint density at radius 1 is 0.778 bits per heavy atom. The molecule has 0 bridgehead atoms. The quantitative estimate of drug-likeness (QED) is 0.411. The molecule has 0 aromatic carbocycles. The number of rotatable bonds is 11. The SMILES string of the molecule is CCCCCCCCCCCC.CCO[PH](=O)O. The standard InChI is InChI=1S/C12H26.C2H7O3P/c1-3-5-7-9-11-12-10-8-6-4-2;1-2-5-6(3)4/h3-12H2,1-2H3;6H,2H2,1H3,(H,3,4). The molecule has 0 aliphatic heterocycles. The van der Waals surface area contributed by atoms with Crippen molar-refractivity contribution in [2.24, 2.45) is 0 Å². The minimum Gasteiger partial charge on any atom is -0.326 e. The van der Waals surface area contributed by atoms with Gasteiger partial charge < -0.3 is 9.42 Å². The van der Waals surface area contributed by atoms with E-state index in [1.54, 1.807) is 6.92 Å². The summed E-state index contributed by atoms with van der Waals surface area (Å²) in [5.41, 5.74) is 0. The first-order valence-electron chi connectivity index (χ1n) is 7.54. The minimum atomic E-state index is -2.64. The van der Waals surface area contributed by atoms with Crippen LogP contribution in [-0.2, 0) is 9.09 Å². The highest BCUT2D eigenvalue weighted by Gasteiger charge is 1.90. The van der Waals surface area contributed by atoms with Gasteiger partial charge in [0.15, 0.2) is 0 Å². The van der Waals surface area contributed by atoms with Crippen LogP contribution in [0.2, 0.25) is 0 Å². The van der Waals surface area contributed by atoms with E-state index < -0.39 is 8.25 Å². The van der Waals surface area contributed by atoms with E-state index >= 15 is 0 Å². The normalized spacial score (nSPS) is 11.8. The highest BCUT2D eigenvalue weighted by molar-refractivity contribution is 7.32. The highest BCUT2D eigenvalue weighted by Crippen LogP contribution is 2.12. The van der Waals surface area contributed by atoms with Crippen molar-refractivity contribution in [1.29, 1.82) is 0 Å². The summed E-state index contributed by atoms with van der Waals surface area (Å²) in [6.45, 7) is 6.54. The van der Waals surface area contributed by atoms with Crippen LogP contribution in [0, 0.1) is 0 Å². The molecule has 0 rings (SSSR count). The van der Waals surface area contributed by atoms with E-state index in [1.807, 2.05) is 0 Å². The molecular weight excluding hydrogens is 247 g/mol. The van der Waals surface area contributed by atoms with Crippen molar-refractivity contribution in [3.8, 4) is 0 Å². The first-order chi connectivity index (χ1) is 8.68. The summed E-state index contributed by atoms with van der Waals surface area (Å²) in [6, 6.07) is 0. The Labute approximate surface area is 114 Å². The van der Waals surface area contributed by atoms with E-state index in [9.17, 15) is 4.57 Å². The fraction of sp³-hybridized carbons (Fsp3) is 1.00. The monoisotopic (exact) mass is 280 g/mol. The van der Waals surface area contributed by atoms with Gasteiger partial charge in [-0.15, -0.1) is 0 Å². The lowest BCUT2D eigenvalue weighted by atomic mass is 10.1. The van der Waals surface area contributed by atoms with Crippen LogP contribution in [0.15, 0.2) is 0 Å². The second-order valence-corrected chi connectivity index (χ2v) is 5.35. The van der Waals surface area contributed by atoms with Crippen molar-refractivity contribution < 1.29 is 14.0 Å². The zero-order valence-corrected chi connectivity index (χ0v) is 13.5. The van der Waals surface area contributed by atoms with Gasteiger partial charge in [0, 0.05) is 0 Å². The molecule has 0 saturated carbocycles. The maximum absolute atomic E-state index is 9.56. The fourth-order valence-electron chi connectivity index (χ4n) is 1.68. The zero-order chi connectivity index (χ0) is 14.1. The molecule has 0 saturated heterocycles. The predicted octanol–water partition coefficient (Wildman–Crippen LogP) is 5.33. The average Bonchev–Trinajstić information content (AvgIpc) is 2.33. The van der Waals surface area contributed by atoms with Gasteiger partial charge in [-0.3, -0.25) is 4.57 Å². The third kappa shape index (κ3) is 25.1. The van der Waals surface area contributed by atoms with Crippen LogP contribution in [0.25, 0.3) is 0 Å². The van der Waals surface area contributed by atoms with Crippen molar-refractivity contribution in [3.05, 3.63) is 0 Å². The molecule has 0 aromatic heterocycles. The lowest BCUT2D eigenvalue weighted by Gasteiger charge is -1.99. The molecule has 1 N–H and O–H groups in total. The number of unbranched alkanes of at least 4 members (excludes halogenated alkanes) is 9. The van der Waals surface area contributed by atoms with Gasteiger partial charge in [0.1, 0.15) is 0 Å². The predicted molar refractivity (Wildman–Crippen MR) is 80.4 cm³/mol. The van der Waals surface area contributed by atoms with Crippen LogP contribution in [0.1, 0.15) is 85.0 Å². The van der Waals surface area contributed by atoms with Gasteiger partial charge >= 0.3 is 8.25 Å². The van der Waals surface area contributed by atoms with Crippen LogP contribution in [0.5, 0.6) is 0 Å². The van der Waals surface area contributed by atoms with Crippen LogP contribution in [-0.4, -0.2) is 11.5 Å². The Morgan fingerprint density at radius 3 is 1.28 bits per heavy atom. The largest absolute Gasteiger partial charge is 0.326 e. The molecule has 1 unspecified atom stereocenters. The molecule has 18 heavy (non-hydrogen) atoms. The third-order valence-electron chi connectivity index (χ3n) is 2.72. The molecule has 0 fully saturated rings. The molecule has 0 aromatic rings. The first-order valence-corrected chi connectivity index (χ1v) is 8.81. The van der Waals surface area contributed by atoms with Gasteiger partial charge in [-0.05, 0) is 6.92 Å². The zero-order valence-electron chi connectivity index (χ0n) is 12.5. The Balaban J connectivity index is 0. The molecule has 0 spiro atoms. The average molecular weight is 280 g/mol. The maximum Gasteiger partial charge on any atom is 0.316 e. The molecule has 1 atom stereocenters. The lowest BCUT2D eigenvalue weighted by Crippen LogP contribution is -1.80. The number of hydrogen-bond donors (Lipinski definition) is 1. The molecule has 112 valence electrons. The molecule has 3 nitrogen and oxygen atoms in total. The second-order valence-electron chi connectivity index (χ2n) is 4.53. The Hall–Kier alpha value is 0.150. The van der Waals surface area contributed by atoms with Gasteiger partial charge in [-0.25, -0.2) is 0 Å². The summed E-state index contributed by atoms with van der Waals surface area (Å²) in [7, 11) is -2.64. The lowest BCUT2D eigenvalue weighted by molar-refractivity contribution is 0.297. The summed E-state index contributed by atoms with van der Waals surface area (Å²) >= 11 is 0. The van der Waals surface area contributed by atoms with E-state index in [0.29, 0.717) is 6.61 Å². The van der Waals surface area contributed by atoms with Crippen LogP contribution in [0.4, 0.5) is 0 Å². The highest BCUT2D eigenvalue weighted by atomic mass is 31.1. The van der Waals surface area contributed by atoms with Gasteiger partial charge in [-0.2, -0.15) is 0 Å². The Bertz CT molecular complexity index is 153. The van der Waals surface area contributed by atoms with Gasteiger partial charge in [0.05, 0.1) is 6.61 Å². The van der Waals surface area contributed by atoms with Crippen molar-refractivity contribution in [2.45, 2.75) is 85.0 Å². The summed E-state index contributed by atoms with van der Waals surface area (Å²) < 4.78 is 13.7. The van der Waals surface area contributed by atoms with Crippen LogP contribution < -0.4 is 0 Å². The summed E-state index contributed by atoms with van der Waals surface area (Å²) in [5.74, 6) is 0. The van der Waals surface area contributed by atoms with Crippen molar-refractivity contribution in [1.82, 2.24) is 0 Å². The number of hydrogen-bond acceptors (Lipinski definition) is 2. The Morgan fingerprint density at radius 2 is 1.11 bits per heavy atom. The van der Waals surface area contributed by atoms with Gasteiger partial charge in [0.2, 0.25) is 0 Å². The topological polar surface area (TPSA) is 46.5 Å². The smallest absolute Gasteiger partial charge is 0.316 e. The minimum absolute atomic E-state index is 0.314. The van der Waals surface area contributed by atoms with Crippen molar-refractivity contribution in [3.63, 3.8) is 0 Å². The molecule has 0 amide bonds. The second kappa shape index (κ2) is 19.5. The molecule has 4 heteroatoms. The Kier molecular flexibility index (Phi) is 22.2. The summed E-state index contributed by atoms with van der Waals surface area (Å²) in [6.07, 6.45) is 14.4. The van der Waals surface area contributed by atoms with E-state index in [-0.39, 0.29) is 0 Å². The summed E-state index contributed by atoms with van der Waals surface area (Å²) in [4.78, 5) is 7.88. The van der Waals surface area contributed by atoms with Crippen molar-refractivity contribution >= 4 is 8.25 Å². The van der Waals surface area contributed by atoms with E-state index in [2.05, 4.69) is 18.4 Å². The third-order valence-corrected chi connectivity index (χ3v) is 3.26. The van der Waals surface area contributed by atoms with Crippen molar-refractivity contribution in [2.75, 3.05) is 6.61 Å². The van der Waals surface area contributed by atoms with E-state index in [1.165, 1.54) is 64.2 Å². The maximum atomic E-state index is 9.56.